The normalized spacial score (nSPS) is 15.7. The van der Waals surface area contributed by atoms with Gasteiger partial charge in [-0.15, -0.1) is 6.42 Å². The van der Waals surface area contributed by atoms with Gasteiger partial charge in [0.15, 0.2) is 0 Å². The van der Waals surface area contributed by atoms with Gasteiger partial charge in [0.05, 0.1) is 29.4 Å². The third-order valence-electron chi connectivity index (χ3n) is 3.15. The molecule has 0 heterocycles. The molecule has 0 aliphatic carbocycles. The summed E-state index contributed by atoms with van der Waals surface area (Å²) >= 11 is 3.33. The maximum absolute atomic E-state index is 12.1. The van der Waals surface area contributed by atoms with Crippen LogP contribution in [0.15, 0.2) is 0 Å². The van der Waals surface area contributed by atoms with E-state index in [0.717, 1.165) is 0 Å². The Kier molecular flexibility index (Phi) is 7.29. The van der Waals surface area contributed by atoms with Crippen LogP contribution < -0.4 is 0 Å². The third kappa shape index (κ3) is 5.16. The summed E-state index contributed by atoms with van der Waals surface area (Å²) in [5, 5.41) is 0. The summed E-state index contributed by atoms with van der Waals surface area (Å²) in [6.07, 6.45) is 6.04. The minimum atomic E-state index is -0.856. The van der Waals surface area contributed by atoms with Crippen molar-refractivity contribution in [1.82, 2.24) is 0 Å². The first-order valence-electron chi connectivity index (χ1n) is 6.49. The molecule has 0 N–H and O–H groups in total. The molecule has 0 aromatic heterocycles. The molecule has 0 fully saturated rings. The number of hydrogen-bond donors (Lipinski definition) is 0. The molecule has 0 saturated heterocycles. The van der Waals surface area contributed by atoms with Crippen molar-refractivity contribution in [2.75, 3.05) is 13.7 Å². The Morgan fingerprint density at radius 1 is 1.30 bits per heavy atom. The second-order valence-corrected chi connectivity index (χ2v) is 6.78. The Morgan fingerprint density at radius 2 is 1.85 bits per heavy atom. The van der Waals surface area contributed by atoms with Gasteiger partial charge < -0.3 is 9.47 Å². The zero-order valence-electron chi connectivity index (χ0n) is 12.8. The zero-order valence-corrected chi connectivity index (χ0v) is 14.4. The van der Waals surface area contributed by atoms with Gasteiger partial charge in [-0.3, -0.25) is 9.59 Å². The zero-order chi connectivity index (χ0) is 16.0. The van der Waals surface area contributed by atoms with E-state index in [4.69, 9.17) is 15.9 Å². The lowest BCUT2D eigenvalue weighted by Crippen LogP contribution is -2.40. The van der Waals surface area contributed by atoms with E-state index >= 15 is 0 Å². The van der Waals surface area contributed by atoms with Gasteiger partial charge in [-0.1, -0.05) is 21.9 Å². The molecule has 0 spiro atoms. The Balaban J connectivity index is 5.22. The van der Waals surface area contributed by atoms with E-state index in [2.05, 4.69) is 21.9 Å². The molecule has 20 heavy (non-hydrogen) atoms. The van der Waals surface area contributed by atoms with Crippen molar-refractivity contribution in [2.24, 2.45) is 10.8 Å². The summed E-state index contributed by atoms with van der Waals surface area (Å²) in [5.74, 6) is 1.82. The highest BCUT2D eigenvalue weighted by Crippen LogP contribution is 2.40. The summed E-state index contributed by atoms with van der Waals surface area (Å²) in [6, 6.07) is 0. The van der Waals surface area contributed by atoms with Crippen molar-refractivity contribution in [2.45, 2.75) is 45.4 Å². The molecule has 4 nitrogen and oxygen atoms in total. The van der Waals surface area contributed by atoms with Gasteiger partial charge in [0.25, 0.3) is 0 Å². The van der Waals surface area contributed by atoms with E-state index in [1.807, 2.05) is 0 Å². The van der Waals surface area contributed by atoms with E-state index < -0.39 is 10.8 Å². The van der Waals surface area contributed by atoms with Gasteiger partial charge in [-0.2, -0.15) is 0 Å². The van der Waals surface area contributed by atoms with Crippen molar-refractivity contribution in [3.05, 3.63) is 0 Å². The number of ether oxygens (including phenoxy) is 2. The predicted molar refractivity (Wildman–Crippen MR) is 81.3 cm³/mol. The Hall–Kier alpha value is -1.02. The number of hydrogen-bond acceptors (Lipinski definition) is 4. The lowest BCUT2D eigenvalue weighted by molar-refractivity contribution is -0.161. The molecule has 0 aromatic carbocycles. The minimum absolute atomic E-state index is 0.260. The SMILES string of the molecule is C#CC(Br)CC(C)(CC(C)(C)C(=O)OCC)C(=O)OC. The van der Waals surface area contributed by atoms with Gasteiger partial charge in [0, 0.05) is 0 Å². The molecule has 114 valence electrons. The van der Waals surface area contributed by atoms with Crippen LogP contribution in [0.5, 0.6) is 0 Å². The van der Waals surface area contributed by atoms with E-state index in [1.165, 1.54) is 7.11 Å². The summed E-state index contributed by atoms with van der Waals surface area (Å²) in [7, 11) is 1.33. The summed E-state index contributed by atoms with van der Waals surface area (Å²) in [5.41, 5.74) is -1.65. The van der Waals surface area contributed by atoms with Crippen molar-refractivity contribution in [1.29, 1.82) is 0 Å². The van der Waals surface area contributed by atoms with Crippen LogP contribution in [0.2, 0.25) is 0 Å². The number of rotatable bonds is 7. The number of carbonyl (C=O) groups excluding carboxylic acids is 2. The third-order valence-corrected chi connectivity index (χ3v) is 3.74. The van der Waals surface area contributed by atoms with Gasteiger partial charge in [-0.25, -0.2) is 0 Å². The molecule has 0 amide bonds. The fraction of sp³-hybridized carbons (Fsp3) is 0.733. The largest absolute Gasteiger partial charge is 0.469 e. The lowest BCUT2D eigenvalue weighted by Gasteiger charge is -2.34. The highest BCUT2D eigenvalue weighted by Gasteiger charge is 2.44. The lowest BCUT2D eigenvalue weighted by atomic mass is 9.71. The molecule has 2 atom stereocenters. The smallest absolute Gasteiger partial charge is 0.311 e. The van der Waals surface area contributed by atoms with E-state index in [1.54, 1.807) is 27.7 Å². The Bertz CT molecular complexity index is 397. The molecular formula is C15H23BrO4. The van der Waals surface area contributed by atoms with E-state index in [-0.39, 0.29) is 16.8 Å². The summed E-state index contributed by atoms with van der Waals surface area (Å²) in [4.78, 5) is 23.8. The van der Waals surface area contributed by atoms with E-state index in [9.17, 15) is 9.59 Å². The first-order valence-corrected chi connectivity index (χ1v) is 7.40. The first kappa shape index (κ1) is 19.0. The number of halogens is 1. The van der Waals surface area contributed by atoms with Crippen molar-refractivity contribution in [3.8, 4) is 12.3 Å². The van der Waals surface area contributed by atoms with Crippen LogP contribution in [0.3, 0.4) is 0 Å². The number of methoxy groups -OCH3 is 1. The quantitative estimate of drug-likeness (QED) is 0.404. The van der Waals surface area contributed by atoms with Gasteiger partial charge in [0.1, 0.15) is 0 Å². The predicted octanol–water partition coefficient (Wildman–Crippen LogP) is 2.93. The molecule has 0 saturated carbocycles. The number of alkyl halides is 1. The number of terminal acetylenes is 1. The van der Waals surface area contributed by atoms with Crippen molar-refractivity contribution < 1.29 is 19.1 Å². The van der Waals surface area contributed by atoms with Crippen molar-refractivity contribution in [3.63, 3.8) is 0 Å². The second-order valence-electron chi connectivity index (χ2n) is 5.67. The summed E-state index contributed by atoms with van der Waals surface area (Å²) in [6.45, 7) is 7.32. The standard InChI is InChI=1S/C15H23BrO4/c1-7-11(16)9-15(5,13(18)19-6)10-14(3,4)12(17)20-8-2/h1,11H,8-10H2,2-6H3. The molecule has 0 radical (unpaired) electrons. The maximum atomic E-state index is 12.1. The minimum Gasteiger partial charge on any atom is -0.469 e. The summed E-state index contributed by atoms with van der Waals surface area (Å²) < 4.78 is 9.92. The number of esters is 2. The van der Waals surface area contributed by atoms with Gasteiger partial charge in [0.2, 0.25) is 0 Å². The average molecular weight is 347 g/mol. The first-order chi connectivity index (χ1) is 9.12. The molecule has 0 aliphatic rings. The fourth-order valence-corrected chi connectivity index (χ4v) is 3.02. The topological polar surface area (TPSA) is 52.6 Å². The highest BCUT2D eigenvalue weighted by atomic mass is 79.9. The van der Waals surface area contributed by atoms with Crippen LogP contribution in [0.1, 0.15) is 40.5 Å². The van der Waals surface area contributed by atoms with Crippen LogP contribution in [0.4, 0.5) is 0 Å². The fourth-order valence-electron chi connectivity index (χ4n) is 2.30. The van der Waals surface area contributed by atoms with Crippen LogP contribution in [-0.2, 0) is 19.1 Å². The molecule has 0 aliphatic heterocycles. The Morgan fingerprint density at radius 3 is 2.25 bits per heavy atom. The molecular weight excluding hydrogens is 324 g/mol. The number of carbonyl (C=O) groups is 2. The molecule has 0 rings (SSSR count). The maximum Gasteiger partial charge on any atom is 0.311 e. The monoisotopic (exact) mass is 346 g/mol. The second kappa shape index (κ2) is 7.68. The molecule has 2 unspecified atom stereocenters. The van der Waals surface area contributed by atoms with Gasteiger partial charge in [-0.05, 0) is 40.5 Å². The van der Waals surface area contributed by atoms with E-state index in [0.29, 0.717) is 19.4 Å². The van der Waals surface area contributed by atoms with Gasteiger partial charge >= 0.3 is 11.9 Å². The van der Waals surface area contributed by atoms with Crippen LogP contribution in [-0.4, -0.2) is 30.5 Å². The van der Waals surface area contributed by atoms with Crippen molar-refractivity contribution >= 4 is 27.9 Å². The molecule has 0 bridgehead atoms. The highest BCUT2D eigenvalue weighted by molar-refractivity contribution is 9.09. The van der Waals surface area contributed by atoms with Crippen LogP contribution in [0.25, 0.3) is 0 Å². The van der Waals surface area contributed by atoms with Crippen LogP contribution >= 0.6 is 15.9 Å². The molecule has 5 heteroatoms. The van der Waals surface area contributed by atoms with Crippen LogP contribution in [0, 0.1) is 23.2 Å². The Labute approximate surface area is 129 Å². The average Bonchev–Trinajstić information content (AvgIpc) is 2.36. The molecule has 0 aromatic rings.